The van der Waals surface area contributed by atoms with Gasteiger partial charge in [0.2, 0.25) is 5.91 Å². The second kappa shape index (κ2) is 9.78. The van der Waals surface area contributed by atoms with Crippen molar-refractivity contribution >= 4 is 17.5 Å². The lowest BCUT2D eigenvalue weighted by Crippen LogP contribution is -2.34. The molecule has 2 aromatic rings. The third-order valence-corrected chi connectivity index (χ3v) is 4.93. The highest BCUT2D eigenvalue weighted by atomic mass is 35.5. The maximum atomic E-state index is 12.8. The summed E-state index contributed by atoms with van der Waals surface area (Å²) in [6.07, 6.45) is 0. The van der Waals surface area contributed by atoms with Crippen molar-refractivity contribution in [3.63, 3.8) is 0 Å². The summed E-state index contributed by atoms with van der Waals surface area (Å²) in [4.78, 5) is 12.8. The van der Waals surface area contributed by atoms with E-state index in [2.05, 4.69) is 16.2 Å². The van der Waals surface area contributed by atoms with Crippen LogP contribution in [0.5, 0.6) is 11.5 Å². The van der Waals surface area contributed by atoms with Gasteiger partial charge in [-0.15, -0.1) is 0 Å². The van der Waals surface area contributed by atoms with Gasteiger partial charge in [0, 0.05) is 13.1 Å². The minimum atomic E-state index is -0.239. The molecular weight excluding hydrogens is 378 g/mol. The average Bonchev–Trinajstić information content (AvgIpc) is 3.19. The monoisotopic (exact) mass is 403 g/mol. The lowest BCUT2D eigenvalue weighted by atomic mass is 9.94. The average molecular weight is 404 g/mol. The van der Waals surface area contributed by atoms with Crippen LogP contribution in [-0.2, 0) is 11.3 Å². The Bertz CT molecular complexity index is 798. The van der Waals surface area contributed by atoms with Gasteiger partial charge in [-0.1, -0.05) is 29.8 Å². The van der Waals surface area contributed by atoms with Gasteiger partial charge in [0.1, 0.15) is 11.5 Å². The van der Waals surface area contributed by atoms with Crippen LogP contribution >= 0.6 is 11.6 Å². The summed E-state index contributed by atoms with van der Waals surface area (Å²) < 4.78 is 10.9. The van der Waals surface area contributed by atoms with Gasteiger partial charge in [-0.3, -0.25) is 10.2 Å². The minimum Gasteiger partial charge on any atom is -0.494 e. The summed E-state index contributed by atoms with van der Waals surface area (Å²) >= 11 is 6.31. The summed E-state index contributed by atoms with van der Waals surface area (Å²) in [7, 11) is 0. The van der Waals surface area contributed by atoms with Crippen LogP contribution in [0, 0.1) is 5.92 Å². The predicted molar refractivity (Wildman–Crippen MR) is 109 cm³/mol. The zero-order chi connectivity index (χ0) is 19.9. The molecule has 3 N–H and O–H groups in total. The first-order chi connectivity index (χ1) is 13.6. The number of hydrogen-bond acceptors (Lipinski definition) is 5. The van der Waals surface area contributed by atoms with E-state index in [-0.39, 0.29) is 17.9 Å². The Balaban J connectivity index is 1.62. The van der Waals surface area contributed by atoms with Crippen molar-refractivity contribution < 1.29 is 14.3 Å². The second-order valence-corrected chi connectivity index (χ2v) is 6.93. The van der Waals surface area contributed by atoms with E-state index in [0.717, 1.165) is 16.9 Å². The largest absolute Gasteiger partial charge is 0.494 e. The molecule has 0 aromatic heterocycles. The molecule has 0 bridgehead atoms. The number of benzene rings is 2. The Morgan fingerprint density at radius 2 is 1.89 bits per heavy atom. The zero-order valence-corrected chi connectivity index (χ0v) is 16.9. The normalized spacial score (nSPS) is 18.7. The fourth-order valence-corrected chi connectivity index (χ4v) is 3.47. The third-order valence-electron chi connectivity index (χ3n) is 4.63. The molecule has 0 spiro atoms. The van der Waals surface area contributed by atoms with E-state index in [0.29, 0.717) is 37.1 Å². The number of ether oxygens (including phenoxy) is 2. The van der Waals surface area contributed by atoms with E-state index < -0.39 is 0 Å². The number of halogens is 1. The Labute approximate surface area is 170 Å². The van der Waals surface area contributed by atoms with Crippen molar-refractivity contribution in [2.45, 2.75) is 26.4 Å². The summed E-state index contributed by atoms with van der Waals surface area (Å²) in [6.45, 7) is 6.07. The highest BCUT2D eigenvalue weighted by molar-refractivity contribution is 6.32. The summed E-state index contributed by atoms with van der Waals surface area (Å²) in [5.74, 6) is 1.22. The minimum absolute atomic E-state index is 0.0126. The van der Waals surface area contributed by atoms with Crippen LogP contribution in [0.25, 0.3) is 0 Å². The summed E-state index contributed by atoms with van der Waals surface area (Å²) in [5, 5.41) is 3.56. The molecule has 0 radical (unpaired) electrons. The molecule has 3 rings (SSSR count). The van der Waals surface area contributed by atoms with E-state index in [1.807, 2.05) is 56.3 Å². The molecule has 28 heavy (non-hydrogen) atoms. The van der Waals surface area contributed by atoms with E-state index in [9.17, 15) is 4.79 Å². The predicted octanol–water partition coefficient (Wildman–Crippen LogP) is 3.22. The maximum Gasteiger partial charge on any atom is 0.226 e. The van der Waals surface area contributed by atoms with E-state index in [1.54, 1.807) is 0 Å². The molecule has 0 saturated carbocycles. The number of carbonyl (C=O) groups excluding carboxylic acids is 1. The third kappa shape index (κ3) is 4.95. The van der Waals surface area contributed by atoms with Crippen LogP contribution in [0.1, 0.15) is 31.0 Å². The van der Waals surface area contributed by atoms with Gasteiger partial charge in [0.15, 0.2) is 0 Å². The van der Waals surface area contributed by atoms with Crippen LogP contribution < -0.4 is 25.6 Å². The molecule has 1 amide bonds. The molecule has 1 saturated heterocycles. The first-order valence-corrected chi connectivity index (χ1v) is 9.90. The number of hydrogen-bond donors (Lipinski definition) is 3. The fourth-order valence-electron chi connectivity index (χ4n) is 3.23. The summed E-state index contributed by atoms with van der Waals surface area (Å²) in [5.41, 5.74) is 8.22. The van der Waals surface area contributed by atoms with Gasteiger partial charge in [-0.2, -0.15) is 0 Å². The standard InChI is InChI=1S/C21H26ClN3O3/c1-3-27-16-8-5-14(6-9-16)12-23-21(26)17-13-24-25-20(17)15-7-10-19(28-4-2)18(22)11-15/h5-11,17,20,24-25H,3-4,12-13H2,1-2H3,(H,23,26). The second-order valence-electron chi connectivity index (χ2n) is 6.53. The van der Waals surface area contributed by atoms with Gasteiger partial charge in [-0.05, 0) is 49.2 Å². The van der Waals surface area contributed by atoms with Gasteiger partial charge < -0.3 is 14.8 Å². The van der Waals surface area contributed by atoms with Crippen LogP contribution in [0.4, 0.5) is 0 Å². The quantitative estimate of drug-likeness (QED) is 0.631. The first-order valence-electron chi connectivity index (χ1n) is 9.52. The van der Waals surface area contributed by atoms with Crippen molar-refractivity contribution in [2.24, 2.45) is 5.92 Å². The van der Waals surface area contributed by atoms with Crippen LogP contribution in [0.3, 0.4) is 0 Å². The molecule has 1 fully saturated rings. The number of carbonyl (C=O) groups is 1. The van der Waals surface area contributed by atoms with Gasteiger partial charge in [0.05, 0.1) is 30.2 Å². The highest BCUT2D eigenvalue weighted by Crippen LogP contribution is 2.32. The molecule has 150 valence electrons. The molecule has 1 aliphatic rings. The van der Waals surface area contributed by atoms with Crippen molar-refractivity contribution in [2.75, 3.05) is 19.8 Å². The number of nitrogens with one attached hydrogen (secondary N) is 3. The lowest BCUT2D eigenvalue weighted by Gasteiger charge is -2.19. The molecule has 7 heteroatoms. The lowest BCUT2D eigenvalue weighted by molar-refractivity contribution is -0.125. The molecule has 2 unspecified atom stereocenters. The molecule has 1 aliphatic heterocycles. The van der Waals surface area contributed by atoms with Crippen molar-refractivity contribution in [1.29, 1.82) is 0 Å². The van der Waals surface area contributed by atoms with Gasteiger partial charge in [0.25, 0.3) is 0 Å². The van der Waals surface area contributed by atoms with Crippen LogP contribution in [-0.4, -0.2) is 25.7 Å². The Morgan fingerprint density at radius 3 is 2.57 bits per heavy atom. The number of amides is 1. The van der Waals surface area contributed by atoms with E-state index >= 15 is 0 Å². The van der Waals surface area contributed by atoms with E-state index in [4.69, 9.17) is 21.1 Å². The highest BCUT2D eigenvalue weighted by Gasteiger charge is 2.34. The van der Waals surface area contributed by atoms with Crippen molar-refractivity contribution in [3.8, 4) is 11.5 Å². The molecule has 2 aromatic carbocycles. The SMILES string of the molecule is CCOc1ccc(CNC(=O)C2CNNC2c2ccc(OCC)c(Cl)c2)cc1. The van der Waals surface area contributed by atoms with Crippen molar-refractivity contribution in [1.82, 2.24) is 16.2 Å². The Kier molecular flexibility index (Phi) is 7.14. The fraction of sp³-hybridized carbons (Fsp3) is 0.381. The number of hydrazine groups is 1. The Hall–Kier alpha value is -2.28. The zero-order valence-electron chi connectivity index (χ0n) is 16.1. The van der Waals surface area contributed by atoms with Gasteiger partial charge in [-0.25, -0.2) is 5.43 Å². The van der Waals surface area contributed by atoms with E-state index in [1.165, 1.54) is 0 Å². The topological polar surface area (TPSA) is 71.6 Å². The Morgan fingerprint density at radius 1 is 1.14 bits per heavy atom. The van der Waals surface area contributed by atoms with Crippen molar-refractivity contribution in [3.05, 3.63) is 58.6 Å². The molecular formula is C21H26ClN3O3. The number of rotatable bonds is 8. The molecule has 6 nitrogen and oxygen atoms in total. The molecule has 1 heterocycles. The molecule has 0 aliphatic carbocycles. The molecule has 2 atom stereocenters. The van der Waals surface area contributed by atoms with Crippen LogP contribution in [0.2, 0.25) is 5.02 Å². The summed E-state index contributed by atoms with van der Waals surface area (Å²) in [6, 6.07) is 13.2. The van der Waals surface area contributed by atoms with Crippen LogP contribution in [0.15, 0.2) is 42.5 Å². The smallest absolute Gasteiger partial charge is 0.226 e. The van der Waals surface area contributed by atoms with Gasteiger partial charge >= 0.3 is 0 Å². The maximum absolute atomic E-state index is 12.8. The first kappa shape index (κ1) is 20.5.